The Hall–Kier alpha value is -0.850. The number of benzene rings is 1. The summed E-state index contributed by atoms with van der Waals surface area (Å²) in [4.78, 5) is 2.57. The number of aryl methyl sites for hydroxylation is 1. The molecule has 0 N–H and O–H groups in total. The minimum absolute atomic E-state index is 0.399. The lowest BCUT2D eigenvalue weighted by atomic mass is 9.71. The second-order valence-electron chi connectivity index (χ2n) is 10.2. The largest absolute Gasteiger partial charge is 0.385 e. The van der Waals surface area contributed by atoms with Crippen molar-refractivity contribution in [3.63, 3.8) is 0 Å². The van der Waals surface area contributed by atoms with Gasteiger partial charge in [0.05, 0.1) is 6.04 Å². The molecular formula is C28H48NOP. The monoisotopic (exact) mass is 445 g/mol. The van der Waals surface area contributed by atoms with Gasteiger partial charge in [0.25, 0.3) is 0 Å². The quantitative estimate of drug-likeness (QED) is 0.268. The fraction of sp³-hybridized carbons (Fsp3) is 0.714. The molecule has 2 atom stereocenters. The summed E-state index contributed by atoms with van der Waals surface area (Å²) in [6, 6.07) is 7.56. The van der Waals surface area contributed by atoms with E-state index in [0.29, 0.717) is 11.5 Å². The van der Waals surface area contributed by atoms with Crippen LogP contribution in [0.25, 0.3) is 0 Å². The first-order chi connectivity index (χ1) is 14.9. The summed E-state index contributed by atoms with van der Waals surface area (Å²) in [5.74, 6) is 0. The molecule has 0 saturated carbocycles. The molecule has 176 valence electrons. The average Bonchev–Trinajstić information content (AvgIpc) is 3.16. The van der Waals surface area contributed by atoms with Gasteiger partial charge >= 0.3 is 0 Å². The van der Waals surface area contributed by atoms with Gasteiger partial charge in [-0.05, 0) is 74.3 Å². The molecule has 31 heavy (non-hydrogen) atoms. The van der Waals surface area contributed by atoms with E-state index in [1.807, 2.05) is 0 Å². The van der Waals surface area contributed by atoms with Gasteiger partial charge < -0.3 is 9.64 Å². The molecule has 1 saturated heterocycles. The van der Waals surface area contributed by atoms with Crippen LogP contribution >= 0.6 is 8.58 Å². The van der Waals surface area contributed by atoms with Crippen LogP contribution < -0.4 is 0 Å². The summed E-state index contributed by atoms with van der Waals surface area (Å²) in [6.07, 6.45) is 14.6. The number of nitrogens with zero attached hydrogens (tertiary/aromatic N) is 1. The molecule has 3 heteroatoms. The van der Waals surface area contributed by atoms with Crippen molar-refractivity contribution in [2.24, 2.45) is 5.41 Å². The van der Waals surface area contributed by atoms with Gasteiger partial charge in [-0.1, -0.05) is 70.4 Å². The van der Waals surface area contributed by atoms with Gasteiger partial charge in [-0.2, -0.15) is 0 Å². The first kappa shape index (κ1) is 26.4. The number of allylic oxidation sites excluding steroid dienone is 1. The van der Waals surface area contributed by atoms with Gasteiger partial charge in [0.2, 0.25) is 0 Å². The Morgan fingerprint density at radius 1 is 1.16 bits per heavy atom. The number of unbranched alkanes of at least 4 members (excludes halogenated alkanes) is 4. The van der Waals surface area contributed by atoms with E-state index in [4.69, 9.17) is 4.74 Å². The van der Waals surface area contributed by atoms with Crippen LogP contribution in [0.15, 0.2) is 30.5 Å². The van der Waals surface area contributed by atoms with Crippen molar-refractivity contribution in [1.82, 2.24) is 4.90 Å². The van der Waals surface area contributed by atoms with E-state index >= 15 is 0 Å². The van der Waals surface area contributed by atoms with E-state index in [1.165, 1.54) is 96.5 Å². The predicted molar refractivity (Wildman–Crippen MR) is 140 cm³/mol. The molecule has 0 spiro atoms. The molecular weight excluding hydrogens is 397 g/mol. The molecule has 1 aliphatic carbocycles. The Morgan fingerprint density at radius 3 is 2.58 bits per heavy atom. The second kappa shape index (κ2) is 13.6. The maximum atomic E-state index is 4.99. The zero-order valence-corrected chi connectivity index (χ0v) is 22.1. The van der Waals surface area contributed by atoms with E-state index in [0.717, 1.165) is 6.61 Å². The van der Waals surface area contributed by atoms with Crippen molar-refractivity contribution in [3.05, 3.63) is 47.2 Å². The van der Waals surface area contributed by atoms with Gasteiger partial charge in [-0.3, -0.25) is 0 Å². The van der Waals surface area contributed by atoms with Crippen LogP contribution in [0, 0.1) is 12.3 Å². The van der Waals surface area contributed by atoms with Crippen molar-refractivity contribution < 1.29 is 4.74 Å². The molecule has 0 radical (unpaired) electrons. The lowest BCUT2D eigenvalue weighted by Gasteiger charge is -2.42. The van der Waals surface area contributed by atoms with E-state index < -0.39 is 0 Å². The highest BCUT2D eigenvalue weighted by molar-refractivity contribution is 7.37. The second-order valence-corrected chi connectivity index (χ2v) is 11.9. The summed E-state index contributed by atoms with van der Waals surface area (Å²) >= 11 is 0. The van der Waals surface area contributed by atoms with Gasteiger partial charge in [0.15, 0.2) is 0 Å². The minimum Gasteiger partial charge on any atom is -0.385 e. The van der Waals surface area contributed by atoms with Crippen LogP contribution in [-0.4, -0.2) is 37.5 Å². The van der Waals surface area contributed by atoms with E-state index in [9.17, 15) is 0 Å². The zero-order chi connectivity index (χ0) is 22.7. The molecule has 0 aromatic heterocycles. The SMILES string of the molecule is C=C1CCCN1C1CC(C)(C)Cc2ccc(C)cc21.CCPCCCCCCCOC. The molecule has 1 aromatic rings. The van der Waals surface area contributed by atoms with Crippen LogP contribution in [0.2, 0.25) is 0 Å². The number of hydrogen-bond acceptors (Lipinski definition) is 2. The normalized spacial score (nSPS) is 20.1. The number of hydrogen-bond donors (Lipinski definition) is 0. The maximum Gasteiger partial charge on any atom is 0.0547 e. The fourth-order valence-electron chi connectivity index (χ4n) is 5.02. The van der Waals surface area contributed by atoms with E-state index in [-0.39, 0.29) is 0 Å². The molecule has 1 fully saturated rings. The molecule has 1 aliphatic heterocycles. The zero-order valence-electron chi connectivity index (χ0n) is 21.1. The molecule has 2 unspecified atom stereocenters. The Bertz CT molecular complexity index is 659. The number of rotatable bonds is 10. The van der Waals surface area contributed by atoms with Crippen LogP contribution in [0.4, 0.5) is 0 Å². The minimum atomic E-state index is 0.399. The molecule has 2 aliphatic rings. The average molecular weight is 446 g/mol. The Balaban J connectivity index is 0.000000248. The van der Waals surface area contributed by atoms with Gasteiger partial charge in [-0.15, -0.1) is 8.58 Å². The van der Waals surface area contributed by atoms with Crippen molar-refractivity contribution in [1.29, 1.82) is 0 Å². The highest BCUT2D eigenvalue weighted by atomic mass is 31.1. The summed E-state index contributed by atoms with van der Waals surface area (Å²) < 4.78 is 4.99. The maximum absolute atomic E-state index is 4.99. The third kappa shape index (κ3) is 8.89. The van der Waals surface area contributed by atoms with Crippen LogP contribution in [0.3, 0.4) is 0 Å². The molecule has 2 nitrogen and oxygen atoms in total. The van der Waals surface area contributed by atoms with E-state index in [2.05, 4.69) is 57.4 Å². The summed E-state index contributed by atoms with van der Waals surface area (Å²) in [6.45, 7) is 15.7. The van der Waals surface area contributed by atoms with Crippen LogP contribution in [0.1, 0.15) is 94.9 Å². The van der Waals surface area contributed by atoms with Crippen molar-refractivity contribution in [3.8, 4) is 0 Å². The third-order valence-corrected chi connectivity index (χ3v) is 7.88. The molecule has 3 rings (SSSR count). The Morgan fingerprint density at radius 2 is 1.90 bits per heavy atom. The predicted octanol–water partition coefficient (Wildman–Crippen LogP) is 7.90. The van der Waals surface area contributed by atoms with Crippen molar-refractivity contribution in [2.45, 2.75) is 91.5 Å². The topological polar surface area (TPSA) is 12.5 Å². The number of ether oxygens (including phenoxy) is 1. The summed E-state index contributed by atoms with van der Waals surface area (Å²) in [5, 5.41) is 0. The Kier molecular flexibility index (Phi) is 11.6. The van der Waals surface area contributed by atoms with Gasteiger partial charge in [0.1, 0.15) is 0 Å². The van der Waals surface area contributed by atoms with Crippen LogP contribution in [0.5, 0.6) is 0 Å². The molecule has 0 bridgehead atoms. The highest BCUT2D eigenvalue weighted by Gasteiger charge is 2.36. The molecule has 1 heterocycles. The summed E-state index contributed by atoms with van der Waals surface area (Å²) in [7, 11) is 2.98. The van der Waals surface area contributed by atoms with Gasteiger partial charge in [0, 0.05) is 26.0 Å². The molecule has 1 aromatic carbocycles. The first-order valence-corrected chi connectivity index (χ1v) is 14.0. The van der Waals surface area contributed by atoms with E-state index in [1.54, 1.807) is 18.2 Å². The van der Waals surface area contributed by atoms with Gasteiger partial charge in [-0.25, -0.2) is 0 Å². The van der Waals surface area contributed by atoms with Crippen molar-refractivity contribution >= 4 is 8.58 Å². The first-order valence-electron chi connectivity index (χ1n) is 12.6. The van der Waals surface area contributed by atoms with Crippen molar-refractivity contribution in [2.75, 3.05) is 32.6 Å². The smallest absolute Gasteiger partial charge is 0.0547 e. The lowest BCUT2D eigenvalue weighted by Crippen LogP contribution is -2.34. The number of likely N-dealkylation sites (tertiary alicyclic amines) is 1. The third-order valence-electron chi connectivity index (χ3n) is 6.67. The fourth-order valence-corrected chi connectivity index (χ4v) is 5.87. The van der Waals surface area contributed by atoms with Crippen LogP contribution in [-0.2, 0) is 11.2 Å². The lowest BCUT2D eigenvalue weighted by molar-refractivity contribution is 0.175. The standard InChI is InChI=1S/C18H25N.C10H23OP/c1-13-7-8-15-11-18(3,4)12-17(16(15)10-13)19-9-5-6-14(19)2;1-3-12-10-8-6-4-5-7-9-11-2/h7-8,10,17H,2,5-6,9,11-12H2,1,3-4H3;12H,3-10H2,1-2H3. The highest BCUT2D eigenvalue weighted by Crippen LogP contribution is 2.46. The number of methoxy groups -OCH3 is 1. The summed E-state index contributed by atoms with van der Waals surface area (Å²) in [5.41, 5.74) is 6.23. The number of fused-ring (bicyclic) bond motifs is 1. The molecule has 0 amide bonds. The Labute approximate surface area is 195 Å².